The van der Waals surface area contributed by atoms with E-state index in [1.807, 2.05) is 30.5 Å². The molecule has 0 bridgehead atoms. The van der Waals surface area contributed by atoms with Crippen molar-refractivity contribution < 1.29 is 9.90 Å². The highest BCUT2D eigenvalue weighted by Gasteiger charge is 2.23. The van der Waals surface area contributed by atoms with Crippen LogP contribution in [0.3, 0.4) is 0 Å². The number of para-hydroxylation sites is 1. The first-order valence-electron chi connectivity index (χ1n) is 9.11. The second-order valence-electron chi connectivity index (χ2n) is 6.68. The number of carbonyl (C=O) groups excluding carboxylic acids is 1. The Morgan fingerprint density at radius 1 is 1.30 bits per heavy atom. The average Bonchev–Trinajstić information content (AvgIpc) is 3.29. The van der Waals surface area contributed by atoms with Gasteiger partial charge in [0.25, 0.3) is 0 Å². The molecule has 1 N–H and O–H groups in total. The van der Waals surface area contributed by atoms with E-state index >= 15 is 0 Å². The van der Waals surface area contributed by atoms with Crippen LogP contribution in [0.15, 0.2) is 40.7 Å². The number of H-pyrrole nitrogens is 1. The van der Waals surface area contributed by atoms with Crippen LogP contribution in [-0.2, 0) is 4.79 Å². The molecule has 1 saturated carbocycles. The molecule has 8 heteroatoms. The van der Waals surface area contributed by atoms with Gasteiger partial charge in [-0.3, -0.25) is 0 Å². The molecule has 2 heterocycles. The van der Waals surface area contributed by atoms with Gasteiger partial charge in [-0.15, -0.1) is 10.2 Å². The highest BCUT2D eigenvalue weighted by Crippen LogP contribution is 2.33. The Labute approximate surface area is 160 Å². The van der Waals surface area contributed by atoms with Gasteiger partial charge in [-0.1, -0.05) is 49.2 Å². The van der Waals surface area contributed by atoms with Crippen molar-refractivity contribution in [2.75, 3.05) is 5.75 Å². The van der Waals surface area contributed by atoms with Crippen LogP contribution in [0.2, 0.25) is 0 Å². The topological polar surface area (TPSA) is 99.0 Å². The highest BCUT2D eigenvalue weighted by molar-refractivity contribution is 7.99. The third-order valence-corrected chi connectivity index (χ3v) is 5.75. The van der Waals surface area contributed by atoms with Crippen LogP contribution in [-0.4, -0.2) is 37.8 Å². The van der Waals surface area contributed by atoms with E-state index < -0.39 is 5.97 Å². The normalized spacial score (nSPS) is 15.7. The van der Waals surface area contributed by atoms with Crippen molar-refractivity contribution in [1.29, 1.82) is 0 Å². The summed E-state index contributed by atoms with van der Waals surface area (Å²) in [5.74, 6) is -0.185. The van der Waals surface area contributed by atoms with Gasteiger partial charge in [0.1, 0.15) is 0 Å². The van der Waals surface area contributed by atoms with Crippen molar-refractivity contribution in [3.8, 4) is 0 Å². The summed E-state index contributed by atoms with van der Waals surface area (Å²) >= 11 is 1.09. The van der Waals surface area contributed by atoms with Gasteiger partial charge < -0.3 is 14.9 Å². The Kier molecular flexibility index (Phi) is 5.24. The number of fused-ring (bicyclic) bond motifs is 1. The van der Waals surface area contributed by atoms with Gasteiger partial charge >= 0.3 is 0 Å². The first-order valence-corrected chi connectivity index (χ1v) is 10.1. The zero-order chi connectivity index (χ0) is 18.6. The fourth-order valence-electron chi connectivity index (χ4n) is 3.53. The molecule has 7 nitrogen and oxygen atoms in total. The van der Waals surface area contributed by atoms with E-state index in [2.05, 4.69) is 20.3 Å². The summed E-state index contributed by atoms with van der Waals surface area (Å²) in [6, 6.07) is 8.02. The van der Waals surface area contributed by atoms with Gasteiger partial charge in [-0.25, -0.2) is 0 Å². The van der Waals surface area contributed by atoms with E-state index in [0.29, 0.717) is 11.1 Å². The summed E-state index contributed by atoms with van der Waals surface area (Å²) in [4.78, 5) is 14.1. The zero-order valence-electron chi connectivity index (χ0n) is 14.8. The predicted octanol–water partition coefficient (Wildman–Crippen LogP) is 2.53. The van der Waals surface area contributed by atoms with E-state index in [1.165, 1.54) is 19.3 Å². The summed E-state index contributed by atoms with van der Waals surface area (Å²) in [6.45, 7) is 0. The number of aromatic nitrogens is 4. The van der Waals surface area contributed by atoms with Crippen molar-refractivity contribution in [3.63, 3.8) is 0 Å². The second-order valence-corrected chi connectivity index (χ2v) is 7.62. The summed E-state index contributed by atoms with van der Waals surface area (Å²) < 4.78 is 1.70. The lowest BCUT2D eigenvalue weighted by Crippen LogP contribution is -2.24. The molecule has 3 aromatic rings. The molecule has 2 aromatic heterocycles. The Balaban J connectivity index is 1.67. The molecule has 0 amide bonds. The number of carboxylic acid groups (broad SMARTS) is 1. The fraction of sp³-hybridized carbons (Fsp3) is 0.368. The Bertz CT molecular complexity index is 972. The lowest BCUT2D eigenvalue weighted by atomic mass is 9.89. The second kappa shape index (κ2) is 7.96. The van der Waals surface area contributed by atoms with Gasteiger partial charge in [0, 0.05) is 34.3 Å². The average molecular weight is 382 g/mol. The molecular formula is C19H20N5O2S-. The van der Waals surface area contributed by atoms with Crippen molar-refractivity contribution >= 4 is 34.8 Å². The Morgan fingerprint density at radius 2 is 2.11 bits per heavy atom. The molecule has 0 atom stereocenters. The lowest BCUT2D eigenvalue weighted by Gasteiger charge is -2.20. The number of carbonyl (C=O) groups is 1. The molecule has 1 aromatic carbocycles. The van der Waals surface area contributed by atoms with Crippen LogP contribution >= 0.6 is 11.8 Å². The van der Waals surface area contributed by atoms with Gasteiger partial charge in [-0.2, -0.15) is 9.78 Å². The number of carboxylic acids is 1. The van der Waals surface area contributed by atoms with Gasteiger partial charge in [-0.05, 0) is 18.9 Å². The van der Waals surface area contributed by atoms with Crippen LogP contribution in [0.25, 0.3) is 10.9 Å². The van der Waals surface area contributed by atoms with E-state index in [4.69, 9.17) is 0 Å². The zero-order valence-corrected chi connectivity index (χ0v) is 15.6. The van der Waals surface area contributed by atoms with E-state index in [9.17, 15) is 9.90 Å². The maximum atomic E-state index is 10.9. The van der Waals surface area contributed by atoms with Crippen molar-refractivity contribution in [3.05, 3.63) is 41.9 Å². The molecule has 0 unspecified atom stereocenters. The largest absolute Gasteiger partial charge is 0.549 e. The van der Waals surface area contributed by atoms with Crippen LogP contribution in [0.4, 0.5) is 0 Å². The minimum Gasteiger partial charge on any atom is -0.549 e. The number of benzene rings is 1. The smallest absolute Gasteiger partial charge is 0.212 e. The molecule has 1 aliphatic carbocycles. The first kappa shape index (κ1) is 17.8. The molecule has 0 spiro atoms. The maximum Gasteiger partial charge on any atom is 0.212 e. The number of thioether (sulfide) groups is 1. The van der Waals surface area contributed by atoms with Crippen molar-refractivity contribution in [2.24, 2.45) is 5.10 Å². The summed E-state index contributed by atoms with van der Waals surface area (Å²) in [5, 5.41) is 25.6. The van der Waals surface area contributed by atoms with Crippen molar-refractivity contribution in [2.45, 2.75) is 43.2 Å². The molecule has 0 aliphatic heterocycles. The minimum absolute atomic E-state index is 0.175. The van der Waals surface area contributed by atoms with Crippen LogP contribution in [0.1, 0.15) is 49.4 Å². The van der Waals surface area contributed by atoms with Gasteiger partial charge in [0.15, 0.2) is 5.82 Å². The molecule has 1 fully saturated rings. The molecule has 0 radical (unpaired) electrons. The standard InChI is InChI=1S/C19H21N5O2S/c25-17(26)12-27-19-23-22-18(13-6-2-1-3-7-13)24(19)21-11-14-10-20-16-9-5-4-8-15(14)16/h4-5,8-11,13,20H,1-3,6-7,12H2,(H,25,26)/p-1/b21-11+. The molecule has 27 heavy (non-hydrogen) atoms. The number of rotatable bonds is 6. The number of hydrogen-bond acceptors (Lipinski definition) is 6. The summed E-state index contributed by atoms with van der Waals surface area (Å²) in [7, 11) is 0. The maximum absolute atomic E-state index is 10.9. The van der Waals surface area contributed by atoms with Crippen LogP contribution in [0, 0.1) is 0 Å². The quantitative estimate of drug-likeness (QED) is 0.522. The molecular weight excluding hydrogens is 362 g/mol. The van der Waals surface area contributed by atoms with Crippen LogP contribution in [0.5, 0.6) is 0 Å². The highest BCUT2D eigenvalue weighted by atomic mass is 32.2. The molecule has 140 valence electrons. The van der Waals surface area contributed by atoms with E-state index in [1.54, 1.807) is 10.9 Å². The Morgan fingerprint density at radius 3 is 2.93 bits per heavy atom. The first-order chi connectivity index (χ1) is 13.2. The molecule has 1 aliphatic rings. The number of aliphatic carboxylic acids is 1. The Hall–Kier alpha value is -2.61. The number of nitrogens with zero attached hydrogens (tertiary/aromatic N) is 4. The number of nitrogens with one attached hydrogen (secondary N) is 1. The van der Waals surface area contributed by atoms with Crippen LogP contribution < -0.4 is 5.11 Å². The number of aromatic amines is 1. The lowest BCUT2D eigenvalue weighted by molar-refractivity contribution is -0.301. The minimum atomic E-state index is -1.13. The fourth-order valence-corrected chi connectivity index (χ4v) is 4.14. The third-order valence-electron chi connectivity index (χ3n) is 4.86. The summed E-state index contributed by atoms with van der Waals surface area (Å²) in [5.41, 5.74) is 2.01. The van der Waals surface area contributed by atoms with Gasteiger partial charge in [0.2, 0.25) is 5.16 Å². The van der Waals surface area contributed by atoms with E-state index in [0.717, 1.165) is 46.9 Å². The predicted molar refractivity (Wildman–Crippen MR) is 103 cm³/mol. The summed E-state index contributed by atoms with van der Waals surface area (Å²) in [6.07, 6.45) is 9.40. The number of hydrogen-bond donors (Lipinski definition) is 1. The monoisotopic (exact) mass is 382 g/mol. The van der Waals surface area contributed by atoms with E-state index in [-0.39, 0.29) is 5.75 Å². The molecule has 4 rings (SSSR count). The van der Waals surface area contributed by atoms with Gasteiger partial charge in [0.05, 0.1) is 12.2 Å². The molecule has 0 saturated heterocycles. The van der Waals surface area contributed by atoms with Crippen molar-refractivity contribution in [1.82, 2.24) is 19.9 Å². The third kappa shape index (κ3) is 3.90. The SMILES string of the molecule is O=C([O-])CSc1nnc(C2CCCCC2)n1/N=C/c1c[nH]c2ccccc12.